The molecule has 2 aliphatic heterocycles. The summed E-state index contributed by atoms with van der Waals surface area (Å²) in [5.74, 6) is 2.33. The summed E-state index contributed by atoms with van der Waals surface area (Å²) in [4.78, 5) is 17.4. The Kier molecular flexibility index (Phi) is 5.16. The molecule has 2 aromatic rings. The lowest BCUT2D eigenvalue weighted by Crippen LogP contribution is -2.30. The first-order valence-electron chi connectivity index (χ1n) is 9.38. The minimum absolute atomic E-state index is 0.0381. The van der Waals surface area contributed by atoms with E-state index < -0.39 is 0 Å². The van der Waals surface area contributed by atoms with Crippen LogP contribution in [0, 0.1) is 0 Å². The van der Waals surface area contributed by atoms with Crippen molar-refractivity contribution in [2.75, 3.05) is 37.1 Å². The van der Waals surface area contributed by atoms with Gasteiger partial charge >= 0.3 is 0 Å². The van der Waals surface area contributed by atoms with Crippen LogP contribution in [0.1, 0.15) is 35.1 Å². The molecule has 0 aliphatic carbocycles. The third kappa shape index (κ3) is 3.46. The van der Waals surface area contributed by atoms with Gasteiger partial charge in [-0.15, -0.1) is 11.8 Å². The molecule has 2 heterocycles. The molecule has 0 bridgehead atoms. The molecule has 2 aliphatic rings. The summed E-state index contributed by atoms with van der Waals surface area (Å²) >= 11 is 1.81. The molecule has 4 rings (SSSR count). The van der Waals surface area contributed by atoms with Gasteiger partial charge in [-0.05, 0) is 49.7 Å². The van der Waals surface area contributed by atoms with Crippen molar-refractivity contribution in [3.8, 4) is 11.5 Å². The van der Waals surface area contributed by atoms with Gasteiger partial charge in [-0.25, -0.2) is 0 Å². The number of hydrogen-bond donors (Lipinski definition) is 0. The van der Waals surface area contributed by atoms with Gasteiger partial charge < -0.3 is 19.3 Å². The molecule has 6 heteroatoms. The van der Waals surface area contributed by atoms with E-state index in [0.29, 0.717) is 17.1 Å². The van der Waals surface area contributed by atoms with E-state index in [1.165, 1.54) is 11.3 Å². The smallest absolute Gasteiger partial charge is 0.255 e. The first-order valence-corrected chi connectivity index (χ1v) is 10.4. The molecule has 1 atom stereocenters. The number of amides is 1. The SMILES string of the molecule is CCN(CC)c1ccc(C2SCCN2C(=O)c2ccc3c(c2)OCO3)cc1. The molecule has 27 heavy (non-hydrogen) atoms. The fourth-order valence-electron chi connectivity index (χ4n) is 3.59. The van der Waals surface area contributed by atoms with Crippen LogP contribution < -0.4 is 14.4 Å². The maximum Gasteiger partial charge on any atom is 0.255 e. The maximum atomic E-state index is 13.1. The molecule has 0 spiro atoms. The molecule has 1 saturated heterocycles. The lowest BCUT2D eigenvalue weighted by Gasteiger charge is -2.26. The molecule has 1 unspecified atom stereocenters. The van der Waals surface area contributed by atoms with Crippen molar-refractivity contribution in [2.45, 2.75) is 19.2 Å². The average Bonchev–Trinajstić information content (AvgIpc) is 3.38. The van der Waals surface area contributed by atoms with Gasteiger partial charge in [-0.2, -0.15) is 0 Å². The Morgan fingerprint density at radius 3 is 2.59 bits per heavy atom. The third-order valence-corrected chi connectivity index (χ3v) is 6.34. The monoisotopic (exact) mass is 384 g/mol. The molecule has 142 valence electrons. The summed E-state index contributed by atoms with van der Waals surface area (Å²) < 4.78 is 10.8. The first-order chi connectivity index (χ1) is 13.2. The standard InChI is InChI=1S/C21H24N2O3S/c1-3-22(4-2)17-8-5-15(6-9-17)21-23(11-12-27-21)20(24)16-7-10-18-19(13-16)26-14-25-18/h5-10,13,21H,3-4,11-12,14H2,1-2H3. The topological polar surface area (TPSA) is 42.0 Å². The number of ether oxygens (including phenoxy) is 2. The van der Waals surface area contributed by atoms with Gasteiger partial charge in [-0.1, -0.05) is 12.1 Å². The van der Waals surface area contributed by atoms with Crippen LogP contribution in [0.4, 0.5) is 5.69 Å². The largest absolute Gasteiger partial charge is 0.454 e. The third-order valence-electron chi connectivity index (χ3n) is 5.08. The predicted octanol–water partition coefficient (Wildman–Crippen LogP) is 4.15. The summed E-state index contributed by atoms with van der Waals surface area (Å²) in [5, 5.41) is 0.0497. The highest BCUT2D eigenvalue weighted by Crippen LogP contribution is 2.40. The van der Waals surface area contributed by atoms with Crippen LogP contribution in [-0.2, 0) is 0 Å². The van der Waals surface area contributed by atoms with Crippen molar-refractivity contribution in [3.63, 3.8) is 0 Å². The highest BCUT2D eigenvalue weighted by atomic mass is 32.2. The zero-order valence-electron chi connectivity index (χ0n) is 15.7. The van der Waals surface area contributed by atoms with Gasteiger partial charge in [0.05, 0.1) is 0 Å². The number of hydrogen-bond acceptors (Lipinski definition) is 5. The van der Waals surface area contributed by atoms with Gasteiger partial charge in [0.1, 0.15) is 5.37 Å². The van der Waals surface area contributed by atoms with Crippen molar-refractivity contribution in [3.05, 3.63) is 53.6 Å². The molecular weight excluding hydrogens is 360 g/mol. The van der Waals surface area contributed by atoms with Crippen molar-refractivity contribution in [1.29, 1.82) is 0 Å². The van der Waals surface area contributed by atoms with E-state index in [1.54, 1.807) is 6.07 Å². The number of anilines is 1. The molecular formula is C21H24N2O3S. The van der Waals surface area contributed by atoms with Crippen LogP contribution in [0.25, 0.3) is 0 Å². The van der Waals surface area contributed by atoms with Crippen molar-refractivity contribution >= 4 is 23.4 Å². The second kappa shape index (κ2) is 7.72. The molecule has 0 aromatic heterocycles. The number of benzene rings is 2. The van der Waals surface area contributed by atoms with Crippen LogP contribution >= 0.6 is 11.8 Å². The highest BCUT2D eigenvalue weighted by Gasteiger charge is 2.32. The fourth-order valence-corrected chi connectivity index (χ4v) is 4.84. The second-order valence-corrected chi connectivity index (χ2v) is 7.74. The highest BCUT2D eigenvalue weighted by molar-refractivity contribution is 7.99. The molecule has 0 saturated carbocycles. The van der Waals surface area contributed by atoms with Gasteiger partial charge in [0.25, 0.3) is 5.91 Å². The van der Waals surface area contributed by atoms with Crippen LogP contribution in [0.15, 0.2) is 42.5 Å². The number of rotatable bonds is 5. The van der Waals surface area contributed by atoms with E-state index in [4.69, 9.17) is 9.47 Å². The Morgan fingerprint density at radius 2 is 1.85 bits per heavy atom. The Balaban J connectivity index is 1.54. The Hall–Kier alpha value is -2.34. The minimum Gasteiger partial charge on any atom is -0.454 e. The predicted molar refractivity (Wildman–Crippen MR) is 109 cm³/mol. The normalized spacial score (nSPS) is 18.0. The maximum absolute atomic E-state index is 13.1. The van der Waals surface area contributed by atoms with Crippen molar-refractivity contribution < 1.29 is 14.3 Å². The Bertz CT molecular complexity index is 821. The lowest BCUT2D eigenvalue weighted by atomic mass is 10.1. The Morgan fingerprint density at radius 1 is 1.11 bits per heavy atom. The number of nitrogens with zero attached hydrogens (tertiary/aromatic N) is 2. The van der Waals surface area contributed by atoms with E-state index in [-0.39, 0.29) is 18.1 Å². The number of carbonyl (C=O) groups is 1. The molecule has 2 aromatic carbocycles. The first kappa shape index (κ1) is 18.0. The summed E-state index contributed by atoms with van der Waals surface area (Å²) in [7, 11) is 0. The van der Waals surface area contributed by atoms with E-state index in [2.05, 4.69) is 43.0 Å². The molecule has 1 fully saturated rings. The van der Waals surface area contributed by atoms with E-state index in [1.807, 2.05) is 28.8 Å². The Labute approximate surface area is 164 Å². The summed E-state index contributed by atoms with van der Waals surface area (Å²) in [6.45, 7) is 7.27. The molecule has 0 radical (unpaired) electrons. The molecule has 0 N–H and O–H groups in total. The summed E-state index contributed by atoms with van der Waals surface area (Å²) in [6, 6.07) is 14.0. The molecule has 1 amide bonds. The zero-order chi connectivity index (χ0) is 18.8. The van der Waals surface area contributed by atoms with Crippen LogP contribution in [0.5, 0.6) is 11.5 Å². The quantitative estimate of drug-likeness (QED) is 0.775. The summed E-state index contributed by atoms with van der Waals surface area (Å²) in [6.07, 6.45) is 0. The van der Waals surface area contributed by atoms with Gasteiger partial charge in [0, 0.05) is 36.6 Å². The van der Waals surface area contributed by atoms with Gasteiger partial charge in [-0.3, -0.25) is 4.79 Å². The zero-order valence-corrected chi connectivity index (χ0v) is 16.5. The fraction of sp³-hybridized carbons (Fsp3) is 0.381. The van der Waals surface area contributed by atoms with E-state index >= 15 is 0 Å². The van der Waals surface area contributed by atoms with Crippen LogP contribution in [-0.4, -0.2) is 43.0 Å². The average molecular weight is 385 g/mol. The van der Waals surface area contributed by atoms with Gasteiger partial charge in [0.2, 0.25) is 6.79 Å². The number of thioether (sulfide) groups is 1. The summed E-state index contributed by atoms with van der Waals surface area (Å²) in [5.41, 5.74) is 3.04. The van der Waals surface area contributed by atoms with Crippen LogP contribution in [0.3, 0.4) is 0 Å². The van der Waals surface area contributed by atoms with Crippen molar-refractivity contribution in [2.24, 2.45) is 0 Å². The van der Waals surface area contributed by atoms with E-state index in [9.17, 15) is 4.79 Å². The molecule has 5 nitrogen and oxygen atoms in total. The van der Waals surface area contributed by atoms with Crippen LogP contribution in [0.2, 0.25) is 0 Å². The second-order valence-electron chi connectivity index (χ2n) is 6.55. The van der Waals surface area contributed by atoms with Gasteiger partial charge in [0.15, 0.2) is 11.5 Å². The van der Waals surface area contributed by atoms with E-state index in [0.717, 1.165) is 25.4 Å². The number of carbonyl (C=O) groups excluding carboxylic acids is 1. The minimum atomic E-state index is 0.0381. The number of fused-ring (bicyclic) bond motifs is 1. The van der Waals surface area contributed by atoms with Crippen molar-refractivity contribution in [1.82, 2.24) is 4.90 Å². The lowest BCUT2D eigenvalue weighted by molar-refractivity contribution is 0.0760.